The summed E-state index contributed by atoms with van der Waals surface area (Å²) in [6, 6.07) is 14.4. The van der Waals surface area contributed by atoms with Crippen molar-refractivity contribution in [3.63, 3.8) is 0 Å². The molecule has 3 rings (SSSR count). The number of hydrogen-bond acceptors (Lipinski definition) is 6. The number of esters is 1. The van der Waals surface area contributed by atoms with Gasteiger partial charge in [0.15, 0.2) is 6.61 Å². The molecule has 0 N–H and O–H groups in total. The number of carbonyl (C=O) groups excluding carboxylic acids is 1. The lowest BCUT2D eigenvalue weighted by molar-refractivity contribution is -0.151. The third-order valence-electron chi connectivity index (χ3n) is 4.19. The molecule has 0 fully saturated rings. The number of rotatable bonds is 6. The SMILES string of the molecule is COc1ccc(-c2nc(COC(=O)C(C)(C)c3cccc(Cl)c3)no2)cc1. The minimum absolute atomic E-state index is 0.0809. The highest BCUT2D eigenvalue weighted by atomic mass is 35.5. The second-order valence-corrected chi connectivity index (χ2v) is 6.89. The van der Waals surface area contributed by atoms with Gasteiger partial charge in [0, 0.05) is 10.6 Å². The van der Waals surface area contributed by atoms with Gasteiger partial charge in [-0.25, -0.2) is 0 Å². The molecule has 140 valence electrons. The smallest absolute Gasteiger partial charge is 0.316 e. The summed E-state index contributed by atoms with van der Waals surface area (Å²) in [6.45, 7) is 3.47. The van der Waals surface area contributed by atoms with E-state index in [-0.39, 0.29) is 12.4 Å². The Balaban J connectivity index is 1.66. The summed E-state index contributed by atoms with van der Waals surface area (Å²) in [5, 5.41) is 4.43. The molecule has 1 heterocycles. The molecule has 7 heteroatoms. The fourth-order valence-corrected chi connectivity index (χ4v) is 2.66. The van der Waals surface area contributed by atoms with Crippen molar-refractivity contribution >= 4 is 17.6 Å². The maximum Gasteiger partial charge on any atom is 0.316 e. The Bertz CT molecular complexity index is 935. The van der Waals surface area contributed by atoms with Crippen molar-refractivity contribution in [1.82, 2.24) is 10.1 Å². The van der Waals surface area contributed by atoms with Crippen molar-refractivity contribution < 1.29 is 18.8 Å². The Hall–Kier alpha value is -2.86. The van der Waals surface area contributed by atoms with Crippen molar-refractivity contribution in [3.8, 4) is 17.2 Å². The van der Waals surface area contributed by atoms with Gasteiger partial charge in [-0.2, -0.15) is 4.98 Å². The number of methoxy groups -OCH3 is 1. The van der Waals surface area contributed by atoms with Crippen molar-refractivity contribution in [1.29, 1.82) is 0 Å². The molecule has 0 aliphatic heterocycles. The quantitative estimate of drug-likeness (QED) is 0.584. The van der Waals surface area contributed by atoms with Gasteiger partial charge in [0.25, 0.3) is 5.89 Å². The number of hydrogen-bond donors (Lipinski definition) is 0. The van der Waals surface area contributed by atoms with Crippen LogP contribution in [-0.2, 0) is 21.6 Å². The van der Waals surface area contributed by atoms with E-state index in [1.807, 2.05) is 18.2 Å². The minimum Gasteiger partial charge on any atom is -0.497 e. The zero-order valence-electron chi connectivity index (χ0n) is 15.2. The van der Waals surface area contributed by atoms with Crippen molar-refractivity contribution in [3.05, 3.63) is 64.9 Å². The lowest BCUT2D eigenvalue weighted by Gasteiger charge is -2.22. The number of ether oxygens (including phenoxy) is 2. The molecule has 0 amide bonds. The summed E-state index contributed by atoms with van der Waals surface area (Å²) < 4.78 is 15.7. The fourth-order valence-electron chi connectivity index (χ4n) is 2.47. The van der Waals surface area contributed by atoms with Gasteiger partial charge in [-0.3, -0.25) is 4.79 Å². The van der Waals surface area contributed by atoms with Crippen LogP contribution in [-0.4, -0.2) is 23.2 Å². The summed E-state index contributed by atoms with van der Waals surface area (Å²) in [5.74, 6) is 0.963. The van der Waals surface area contributed by atoms with E-state index in [0.717, 1.165) is 16.9 Å². The van der Waals surface area contributed by atoms with E-state index in [9.17, 15) is 4.79 Å². The van der Waals surface area contributed by atoms with Crippen LogP contribution in [0.5, 0.6) is 5.75 Å². The first-order valence-electron chi connectivity index (χ1n) is 8.30. The number of aromatic nitrogens is 2. The molecular weight excluding hydrogens is 368 g/mol. The van der Waals surface area contributed by atoms with E-state index in [1.165, 1.54) is 0 Å². The van der Waals surface area contributed by atoms with Crippen LogP contribution in [0.2, 0.25) is 5.02 Å². The third-order valence-corrected chi connectivity index (χ3v) is 4.43. The summed E-state index contributed by atoms with van der Waals surface area (Å²) in [6.07, 6.45) is 0. The number of benzene rings is 2. The Morgan fingerprint density at radius 1 is 1.19 bits per heavy atom. The summed E-state index contributed by atoms with van der Waals surface area (Å²) in [7, 11) is 1.60. The molecule has 0 aliphatic carbocycles. The molecular formula is C20H19ClN2O4. The van der Waals surface area contributed by atoms with E-state index >= 15 is 0 Å². The van der Waals surface area contributed by atoms with Crippen LogP contribution in [0.15, 0.2) is 53.1 Å². The maximum absolute atomic E-state index is 12.5. The Kier molecular flexibility index (Phi) is 5.46. The Morgan fingerprint density at radius 3 is 2.59 bits per heavy atom. The molecule has 0 radical (unpaired) electrons. The van der Waals surface area contributed by atoms with Gasteiger partial charge in [-0.15, -0.1) is 0 Å². The van der Waals surface area contributed by atoms with Gasteiger partial charge in [-0.05, 0) is 55.8 Å². The monoisotopic (exact) mass is 386 g/mol. The average Bonchev–Trinajstić information content (AvgIpc) is 3.15. The van der Waals surface area contributed by atoms with E-state index in [2.05, 4.69) is 10.1 Å². The van der Waals surface area contributed by atoms with Crippen LogP contribution in [0, 0.1) is 0 Å². The van der Waals surface area contributed by atoms with Crippen molar-refractivity contribution in [2.75, 3.05) is 7.11 Å². The summed E-state index contributed by atoms with van der Waals surface area (Å²) in [5.41, 5.74) is 0.667. The van der Waals surface area contributed by atoms with Crippen LogP contribution in [0.3, 0.4) is 0 Å². The molecule has 2 aromatic carbocycles. The normalized spacial score (nSPS) is 11.3. The predicted molar refractivity (Wildman–Crippen MR) is 101 cm³/mol. The molecule has 0 unspecified atom stereocenters. The standard InChI is InChI=1S/C20H19ClN2O4/c1-20(2,14-5-4-6-15(21)11-14)19(24)26-12-17-22-18(27-23-17)13-7-9-16(25-3)10-8-13/h4-11H,12H2,1-3H3. The first-order valence-corrected chi connectivity index (χ1v) is 8.68. The molecule has 6 nitrogen and oxygen atoms in total. The van der Waals surface area contributed by atoms with Crippen LogP contribution < -0.4 is 4.74 Å². The number of nitrogens with zero attached hydrogens (tertiary/aromatic N) is 2. The number of carbonyl (C=O) groups is 1. The highest BCUT2D eigenvalue weighted by molar-refractivity contribution is 6.30. The van der Waals surface area contributed by atoms with Crippen LogP contribution in [0.4, 0.5) is 0 Å². The summed E-state index contributed by atoms with van der Waals surface area (Å²) >= 11 is 6.02. The van der Waals surface area contributed by atoms with Crippen LogP contribution >= 0.6 is 11.6 Å². The first-order chi connectivity index (χ1) is 12.9. The van der Waals surface area contributed by atoms with E-state index in [1.54, 1.807) is 51.3 Å². The van der Waals surface area contributed by atoms with Crippen molar-refractivity contribution in [2.24, 2.45) is 0 Å². The van der Waals surface area contributed by atoms with Gasteiger partial charge in [0.1, 0.15) is 5.75 Å². The van der Waals surface area contributed by atoms with Gasteiger partial charge in [-0.1, -0.05) is 28.9 Å². The van der Waals surface area contributed by atoms with Crippen molar-refractivity contribution in [2.45, 2.75) is 25.9 Å². The molecule has 1 aromatic heterocycles. The highest BCUT2D eigenvalue weighted by Crippen LogP contribution is 2.27. The lowest BCUT2D eigenvalue weighted by atomic mass is 9.85. The molecule has 3 aromatic rings. The van der Waals surface area contributed by atoms with E-state index in [0.29, 0.717) is 10.9 Å². The average molecular weight is 387 g/mol. The molecule has 0 bridgehead atoms. The van der Waals surface area contributed by atoms with Crippen LogP contribution in [0.1, 0.15) is 25.2 Å². The second-order valence-electron chi connectivity index (χ2n) is 6.46. The molecule has 27 heavy (non-hydrogen) atoms. The zero-order chi connectivity index (χ0) is 19.4. The van der Waals surface area contributed by atoms with Gasteiger partial charge in [0.05, 0.1) is 12.5 Å². The molecule has 0 aliphatic rings. The zero-order valence-corrected chi connectivity index (χ0v) is 16.0. The second kappa shape index (κ2) is 7.80. The van der Waals surface area contributed by atoms with Gasteiger partial charge >= 0.3 is 5.97 Å². The van der Waals surface area contributed by atoms with Gasteiger partial charge < -0.3 is 14.0 Å². The summed E-state index contributed by atoms with van der Waals surface area (Å²) in [4.78, 5) is 16.8. The Morgan fingerprint density at radius 2 is 1.93 bits per heavy atom. The first kappa shape index (κ1) is 18.9. The maximum atomic E-state index is 12.5. The molecule has 0 atom stereocenters. The predicted octanol–water partition coefficient (Wildman–Crippen LogP) is 4.42. The number of halogens is 1. The molecule has 0 spiro atoms. The molecule has 0 saturated carbocycles. The largest absolute Gasteiger partial charge is 0.497 e. The highest BCUT2D eigenvalue weighted by Gasteiger charge is 2.32. The van der Waals surface area contributed by atoms with Crippen LogP contribution in [0.25, 0.3) is 11.5 Å². The van der Waals surface area contributed by atoms with E-state index < -0.39 is 11.4 Å². The Labute approximate surface area is 162 Å². The van der Waals surface area contributed by atoms with E-state index in [4.69, 9.17) is 25.6 Å². The lowest BCUT2D eigenvalue weighted by Crippen LogP contribution is -2.31. The fraction of sp³-hybridized carbons (Fsp3) is 0.250. The third kappa shape index (κ3) is 4.28. The minimum atomic E-state index is -0.854. The molecule has 0 saturated heterocycles. The topological polar surface area (TPSA) is 74.5 Å². The van der Waals surface area contributed by atoms with Gasteiger partial charge in [0.2, 0.25) is 5.82 Å².